The molecular formula is C31H34N4O6. The van der Waals surface area contributed by atoms with Crippen molar-refractivity contribution in [2.24, 2.45) is 0 Å². The largest absolute Gasteiger partial charge is 0.493 e. The van der Waals surface area contributed by atoms with Crippen LogP contribution in [-0.4, -0.2) is 67.6 Å². The number of hydrogen-bond acceptors (Lipinski definition) is 7. The van der Waals surface area contributed by atoms with Crippen LogP contribution in [0, 0.1) is 0 Å². The summed E-state index contributed by atoms with van der Waals surface area (Å²) in [6.07, 6.45) is 5.11. The van der Waals surface area contributed by atoms with Gasteiger partial charge in [0.1, 0.15) is 12.4 Å². The Morgan fingerprint density at radius 1 is 1.07 bits per heavy atom. The van der Waals surface area contributed by atoms with E-state index in [9.17, 15) is 14.4 Å². The summed E-state index contributed by atoms with van der Waals surface area (Å²) in [7, 11) is 1.59. The fourth-order valence-corrected chi connectivity index (χ4v) is 5.11. The minimum absolute atomic E-state index is 0.0535. The molecule has 3 aromatic rings. The van der Waals surface area contributed by atoms with Crippen molar-refractivity contribution < 1.29 is 28.6 Å². The Labute approximate surface area is 239 Å². The quantitative estimate of drug-likeness (QED) is 0.474. The molecule has 1 unspecified atom stereocenters. The van der Waals surface area contributed by atoms with Gasteiger partial charge in [0.25, 0.3) is 0 Å². The van der Waals surface area contributed by atoms with Crippen LogP contribution in [0.3, 0.4) is 0 Å². The van der Waals surface area contributed by atoms with E-state index < -0.39 is 0 Å². The average Bonchev–Trinajstić information content (AvgIpc) is 2.98. The van der Waals surface area contributed by atoms with Crippen molar-refractivity contribution in [3.8, 4) is 17.2 Å². The Hall–Kier alpha value is -4.60. The molecule has 2 aromatic carbocycles. The SMILES string of the molecule is COc1ccc2cc1OCCCCN(C(=O)Cc1cccnc1)CC(=O)NCCOc1ccc3c(c1)NC(=O)CC23. The van der Waals surface area contributed by atoms with Gasteiger partial charge in [-0.15, -0.1) is 0 Å². The predicted octanol–water partition coefficient (Wildman–Crippen LogP) is 3.30. The average molecular weight is 559 g/mol. The molecule has 0 saturated heterocycles. The predicted molar refractivity (Wildman–Crippen MR) is 152 cm³/mol. The smallest absolute Gasteiger partial charge is 0.239 e. The summed E-state index contributed by atoms with van der Waals surface area (Å²) in [6.45, 7) is 1.28. The van der Waals surface area contributed by atoms with Gasteiger partial charge in [-0.3, -0.25) is 19.4 Å². The van der Waals surface area contributed by atoms with Crippen molar-refractivity contribution >= 4 is 23.4 Å². The second-order valence-corrected chi connectivity index (χ2v) is 10.1. The summed E-state index contributed by atoms with van der Waals surface area (Å²) >= 11 is 0. The van der Waals surface area contributed by atoms with Crippen LogP contribution >= 0.6 is 0 Å². The maximum atomic E-state index is 13.1. The molecule has 0 aliphatic carbocycles. The Bertz CT molecular complexity index is 1400. The number of nitrogens with zero attached hydrogens (tertiary/aromatic N) is 2. The van der Waals surface area contributed by atoms with Crippen LogP contribution in [-0.2, 0) is 20.8 Å². The zero-order valence-corrected chi connectivity index (χ0v) is 23.1. The molecule has 3 aliphatic heterocycles. The Kier molecular flexibility index (Phi) is 8.98. The zero-order chi connectivity index (χ0) is 28.6. The van der Waals surface area contributed by atoms with E-state index in [0.29, 0.717) is 55.4 Å². The van der Waals surface area contributed by atoms with Crippen LogP contribution < -0.4 is 24.8 Å². The van der Waals surface area contributed by atoms with Crippen LogP contribution in [0.2, 0.25) is 0 Å². The number of hydrogen-bond donors (Lipinski definition) is 2. The molecule has 10 heteroatoms. The lowest BCUT2D eigenvalue weighted by molar-refractivity contribution is -0.135. The van der Waals surface area contributed by atoms with Gasteiger partial charge in [-0.1, -0.05) is 18.2 Å². The highest BCUT2D eigenvalue weighted by molar-refractivity contribution is 5.95. The zero-order valence-electron chi connectivity index (χ0n) is 23.1. The lowest BCUT2D eigenvalue weighted by atomic mass is 9.84. The highest BCUT2D eigenvalue weighted by Crippen LogP contribution is 2.41. The van der Waals surface area contributed by atoms with Crippen molar-refractivity contribution in [2.45, 2.75) is 31.6 Å². The second-order valence-electron chi connectivity index (χ2n) is 10.1. The van der Waals surface area contributed by atoms with Gasteiger partial charge in [-0.25, -0.2) is 0 Å². The van der Waals surface area contributed by atoms with E-state index in [0.717, 1.165) is 16.7 Å². The topological polar surface area (TPSA) is 119 Å². The number of anilines is 1. The monoisotopic (exact) mass is 558 g/mol. The molecule has 6 bridgehead atoms. The third-order valence-corrected chi connectivity index (χ3v) is 7.19. The Balaban J connectivity index is 1.36. The van der Waals surface area contributed by atoms with Gasteiger partial charge >= 0.3 is 0 Å². The first-order chi connectivity index (χ1) is 20.0. The number of amides is 3. The van der Waals surface area contributed by atoms with Gasteiger partial charge in [0.05, 0.1) is 33.2 Å². The van der Waals surface area contributed by atoms with Crippen molar-refractivity contribution in [2.75, 3.05) is 45.3 Å². The standard InChI is InChI=1S/C31H34N4O6/c1-39-27-9-6-22-16-28(27)41-13-3-2-12-35(31(38)15-21-5-4-10-32-19-21)20-30(37)33-11-14-40-23-7-8-24-25(22)18-29(36)34-26(24)17-23/h4-10,16-17,19,25H,2-3,11-15,18,20H2,1H3,(H,33,37)(H,34,36). The lowest BCUT2D eigenvalue weighted by Crippen LogP contribution is -2.42. The van der Waals surface area contributed by atoms with Gasteiger partial charge in [-0.05, 0) is 53.8 Å². The maximum absolute atomic E-state index is 13.1. The number of rotatable bonds is 3. The van der Waals surface area contributed by atoms with Gasteiger partial charge in [0, 0.05) is 43.0 Å². The molecule has 3 aliphatic rings. The van der Waals surface area contributed by atoms with E-state index in [2.05, 4.69) is 15.6 Å². The number of benzene rings is 2. The molecular weight excluding hydrogens is 524 g/mol. The van der Waals surface area contributed by atoms with Gasteiger partial charge in [0.15, 0.2) is 11.5 Å². The number of carbonyl (C=O) groups is 3. The van der Waals surface area contributed by atoms with Crippen LogP contribution in [0.4, 0.5) is 5.69 Å². The Morgan fingerprint density at radius 2 is 1.98 bits per heavy atom. The van der Waals surface area contributed by atoms with Crippen molar-refractivity contribution in [1.29, 1.82) is 0 Å². The second kappa shape index (κ2) is 13.2. The minimum Gasteiger partial charge on any atom is -0.493 e. The third-order valence-electron chi connectivity index (χ3n) is 7.19. The van der Waals surface area contributed by atoms with E-state index >= 15 is 0 Å². The Morgan fingerprint density at radius 3 is 2.80 bits per heavy atom. The van der Waals surface area contributed by atoms with Crippen LogP contribution in [0.25, 0.3) is 0 Å². The maximum Gasteiger partial charge on any atom is 0.239 e. The summed E-state index contributed by atoms with van der Waals surface area (Å²) in [4.78, 5) is 44.1. The highest BCUT2D eigenvalue weighted by Gasteiger charge is 2.28. The van der Waals surface area contributed by atoms with Crippen LogP contribution in [0.15, 0.2) is 60.9 Å². The van der Waals surface area contributed by atoms with E-state index in [1.165, 1.54) is 0 Å². The number of methoxy groups -OCH3 is 1. The number of fused-ring (bicyclic) bond motifs is 12. The highest BCUT2D eigenvalue weighted by atomic mass is 16.5. The van der Waals surface area contributed by atoms with E-state index in [4.69, 9.17) is 14.2 Å². The first-order valence-corrected chi connectivity index (χ1v) is 13.8. The van der Waals surface area contributed by atoms with Crippen LogP contribution in [0.1, 0.15) is 41.9 Å². The van der Waals surface area contributed by atoms with Crippen molar-refractivity contribution in [3.63, 3.8) is 0 Å². The molecule has 10 nitrogen and oxygen atoms in total. The van der Waals surface area contributed by atoms with E-state index in [-0.39, 0.29) is 49.8 Å². The number of carbonyl (C=O) groups excluding carboxylic acids is 3. The van der Waals surface area contributed by atoms with Crippen LogP contribution in [0.5, 0.6) is 17.2 Å². The van der Waals surface area contributed by atoms with Gasteiger partial charge < -0.3 is 29.7 Å². The number of ether oxygens (including phenoxy) is 3. The summed E-state index contributed by atoms with van der Waals surface area (Å²) < 4.78 is 17.5. The molecule has 0 radical (unpaired) electrons. The molecule has 6 rings (SSSR count). The fourth-order valence-electron chi connectivity index (χ4n) is 5.11. The third kappa shape index (κ3) is 7.13. The number of nitrogens with one attached hydrogen (secondary N) is 2. The minimum atomic E-state index is -0.263. The molecule has 1 aromatic heterocycles. The lowest BCUT2D eigenvalue weighted by Gasteiger charge is -2.27. The molecule has 4 heterocycles. The van der Waals surface area contributed by atoms with Gasteiger partial charge in [-0.2, -0.15) is 0 Å². The number of pyridine rings is 1. The van der Waals surface area contributed by atoms with E-state index in [1.807, 2.05) is 36.4 Å². The first-order valence-electron chi connectivity index (χ1n) is 13.8. The molecule has 0 fully saturated rings. The molecule has 41 heavy (non-hydrogen) atoms. The van der Waals surface area contributed by atoms with Crippen molar-refractivity contribution in [3.05, 3.63) is 77.6 Å². The van der Waals surface area contributed by atoms with Crippen molar-refractivity contribution in [1.82, 2.24) is 15.2 Å². The fraction of sp³-hybridized carbons (Fsp3) is 0.355. The molecule has 0 spiro atoms. The molecule has 3 amide bonds. The molecule has 1 atom stereocenters. The summed E-state index contributed by atoms with van der Waals surface area (Å²) in [5.74, 6) is 1.15. The normalized spacial score (nSPS) is 17.9. The molecule has 214 valence electrons. The molecule has 2 N–H and O–H groups in total. The summed E-state index contributed by atoms with van der Waals surface area (Å²) in [5, 5.41) is 5.79. The first kappa shape index (κ1) is 27.9. The van der Waals surface area contributed by atoms with Gasteiger partial charge in [0.2, 0.25) is 17.7 Å². The number of aromatic nitrogens is 1. The molecule has 0 saturated carbocycles. The summed E-state index contributed by atoms with van der Waals surface area (Å²) in [6, 6.07) is 15.0. The summed E-state index contributed by atoms with van der Waals surface area (Å²) in [5.41, 5.74) is 3.44. The van der Waals surface area contributed by atoms with E-state index in [1.54, 1.807) is 36.5 Å².